The van der Waals surface area contributed by atoms with Crippen LogP contribution in [0.3, 0.4) is 0 Å². The van der Waals surface area contributed by atoms with Gasteiger partial charge in [-0.15, -0.1) is 0 Å². The molecule has 0 aromatic heterocycles. The van der Waals surface area contributed by atoms with E-state index < -0.39 is 0 Å². The number of carbonyl (C=O) groups excluding carboxylic acids is 1. The third-order valence-corrected chi connectivity index (χ3v) is 4.09. The van der Waals surface area contributed by atoms with E-state index in [2.05, 4.69) is 31.5 Å². The van der Waals surface area contributed by atoms with Gasteiger partial charge in [-0.3, -0.25) is 9.69 Å². The highest BCUT2D eigenvalue weighted by atomic mass is 79.9. The molecule has 0 aliphatic carbocycles. The van der Waals surface area contributed by atoms with Crippen molar-refractivity contribution in [2.75, 3.05) is 31.5 Å². The first kappa shape index (κ1) is 14.8. The van der Waals surface area contributed by atoms with Crippen molar-refractivity contribution in [3.63, 3.8) is 0 Å². The van der Waals surface area contributed by atoms with Gasteiger partial charge in [-0.25, -0.2) is 0 Å². The van der Waals surface area contributed by atoms with Gasteiger partial charge in [0, 0.05) is 30.7 Å². The summed E-state index contributed by atoms with van der Waals surface area (Å²) in [7, 11) is 0. The molecule has 1 aliphatic rings. The number of anilines is 1. The van der Waals surface area contributed by atoms with Crippen molar-refractivity contribution < 1.29 is 4.79 Å². The second kappa shape index (κ2) is 6.70. The molecule has 1 saturated heterocycles. The number of hydrogen-bond donors (Lipinski definition) is 2. The molecule has 2 rings (SSSR count). The number of amides is 1. The number of nitrogens with one attached hydrogen (secondary N) is 2. The van der Waals surface area contributed by atoms with Gasteiger partial charge in [0.1, 0.15) is 0 Å². The summed E-state index contributed by atoms with van der Waals surface area (Å²) >= 11 is 9.44. The van der Waals surface area contributed by atoms with Gasteiger partial charge in [0.2, 0.25) is 5.91 Å². The molecule has 0 spiro atoms. The van der Waals surface area contributed by atoms with E-state index in [0.29, 0.717) is 10.7 Å². The van der Waals surface area contributed by atoms with Crippen LogP contribution in [0.25, 0.3) is 0 Å². The molecule has 1 aliphatic heterocycles. The number of rotatable bonds is 3. The van der Waals surface area contributed by atoms with Crippen molar-refractivity contribution in [3.8, 4) is 0 Å². The zero-order valence-electron chi connectivity index (χ0n) is 10.7. The topological polar surface area (TPSA) is 44.4 Å². The van der Waals surface area contributed by atoms with E-state index in [1.165, 1.54) is 0 Å². The van der Waals surface area contributed by atoms with Gasteiger partial charge in [0.15, 0.2) is 0 Å². The fourth-order valence-electron chi connectivity index (χ4n) is 2.07. The zero-order valence-corrected chi connectivity index (χ0v) is 13.1. The lowest BCUT2D eigenvalue weighted by molar-refractivity contribution is -0.120. The lowest BCUT2D eigenvalue weighted by Crippen LogP contribution is -2.51. The van der Waals surface area contributed by atoms with Gasteiger partial charge in [-0.05, 0) is 25.1 Å². The van der Waals surface area contributed by atoms with Crippen molar-refractivity contribution in [2.24, 2.45) is 0 Å². The van der Waals surface area contributed by atoms with E-state index >= 15 is 0 Å². The highest BCUT2D eigenvalue weighted by Crippen LogP contribution is 2.26. The summed E-state index contributed by atoms with van der Waals surface area (Å²) in [5.74, 6) is -0.0260. The molecule has 1 aromatic carbocycles. The second-order valence-electron chi connectivity index (χ2n) is 4.58. The Kier molecular flexibility index (Phi) is 5.21. The first-order chi connectivity index (χ1) is 9.08. The number of nitrogens with zero attached hydrogens (tertiary/aromatic N) is 1. The Morgan fingerprint density at radius 2 is 2.16 bits per heavy atom. The molecule has 1 atom stereocenters. The molecule has 6 heteroatoms. The van der Waals surface area contributed by atoms with Crippen molar-refractivity contribution >= 4 is 39.1 Å². The van der Waals surface area contributed by atoms with Crippen LogP contribution in [0, 0.1) is 0 Å². The summed E-state index contributed by atoms with van der Waals surface area (Å²) in [6.45, 7) is 5.55. The van der Waals surface area contributed by atoms with Crippen molar-refractivity contribution in [3.05, 3.63) is 27.7 Å². The van der Waals surface area contributed by atoms with Crippen LogP contribution in [-0.4, -0.2) is 43.0 Å². The summed E-state index contributed by atoms with van der Waals surface area (Å²) in [6, 6.07) is 5.26. The fourth-order valence-corrected chi connectivity index (χ4v) is 2.59. The summed E-state index contributed by atoms with van der Waals surface area (Å²) in [4.78, 5) is 14.4. The molecule has 0 radical (unpaired) electrons. The molecule has 2 N–H and O–H groups in total. The first-order valence-corrected chi connectivity index (χ1v) is 7.45. The minimum atomic E-state index is -0.155. The van der Waals surface area contributed by atoms with E-state index in [4.69, 9.17) is 11.6 Å². The summed E-state index contributed by atoms with van der Waals surface area (Å²) in [6.07, 6.45) is 0. The third-order valence-electron chi connectivity index (χ3n) is 3.27. The van der Waals surface area contributed by atoms with Crippen molar-refractivity contribution in [1.82, 2.24) is 10.2 Å². The smallest absolute Gasteiger partial charge is 0.241 e. The fraction of sp³-hybridized carbons (Fsp3) is 0.462. The molecule has 1 aromatic rings. The molecule has 1 unspecified atom stereocenters. The predicted molar refractivity (Wildman–Crippen MR) is 81.7 cm³/mol. The number of benzene rings is 1. The van der Waals surface area contributed by atoms with Crippen LogP contribution in [0.1, 0.15) is 6.92 Å². The molecule has 104 valence electrons. The molecule has 1 amide bonds. The van der Waals surface area contributed by atoms with Crippen LogP contribution < -0.4 is 10.6 Å². The number of carbonyl (C=O) groups is 1. The molecule has 1 heterocycles. The zero-order chi connectivity index (χ0) is 13.8. The molecule has 0 bridgehead atoms. The molecular formula is C13H17BrClN3O. The van der Waals surface area contributed by atoms with E-state index in [0.717, 1.165) is 30.7 Å². The molecule has 4 nitrogen and oxygen atoms in total. The average Bonchev–Trinajstić information content (AvgIpc) is 2.43. The lowest BCUT2D eigenvalue weighted by atomic mass is 10.2. The minimum Gasteiger partial charge on any atom is -0.323 e. The third kappa shape index (κ3) is 3.92. The average molecular weight is 347 g/mol. The number of piperazine rings is 1. The Balaban J connectivity index is 2.01. The Morgan fingerprint density at radius 1 is 1.47 bits per heavy atom. The van der Waals surface area contributed by atoms with Crippen molar-refractivity contribution in [2.45, 2.75) is 13.0 Å². The van der Waals surface area contributed by atoms with Gasteiger partial charge in [-0.1, -0.05) is 27.5 Å². The van der Waals surface area contributed by atoms with Crippen LogP contribution in [-0.2, 0) is 4.79 Å². The van der Waals surface area contributed by atoms with Gasteiger partial charge in [0.25, 0.3) is 0 Å². The summed E-state index contributed by atoms with van der Waals surface area (Å²) in [5, 5.41) is 6.70. The highest BCUT2D eigenvalue weighted by molar-refractivity contribution is 9.10. The summed E-state index contributed by atoms with van der Waals surface area (Å²) in [5.41, 5.74) is 0.642. The Hall–Kier alpha value is -0.620. The normalized spacial score (nSPS) is 18.1. The van der Waals surface area contributed by atoms with Crippen LogP contribution in [0.5, 0.6) is 0 Å². The Morgan fingerprint density at radius 3 is 2.84 bits per heavy atom. The molecule has 19 heavy (non-hydrogen) atoms. The Bertz CT molecular complexity index is 463. The van der Waals surface area contributed by atoms with Crippen LogP contribution >= 0.6 is 27.5 Å². The quantitative estimate of drug-likeness (QED) is 0.883. The van der Waals surface area contributed by atoms with Crippen molar-refractivity contribution in [1.29, 1.82) is 0 Å². The Labute approximate surface area is 126 Å². The van der Waals surface area contributed by atoms with Gasteiger partial charge in [-0.2, -0.15) is 0 Å². The van der Waals surface area contributed by atoms with Crippen LogP contribution in [0.15, 0.2) is 22.7 Å². The number of halogens is 2. The molecule has 0 saturated carbocycles. The standard InChI is InChI=1S/C13H17BrClN3O/c1-9(18-6-4-16-5-7-18)13(19)17-12-8-10(14)2-3-11(12)15/h2-3,8-9,16H,4-7H2,1H3,(H,17,19). The van der Waals surface area contributed by atoms with Gasteiger partial charge in [0.05, 0.1) is 16.8 Å². The van der Waals surface area contributed by atoms with Crippen LogP contribution in [0.2, 0.25) is 5.02 Å². The maximum atomic E-state index is 12.2. The SMILES string of the molecule is CC(C(=O)Nc1cc(Br)ccc1Cl)N1CCNCC1. The largest absolute Gasteiger partial charge is 0.323 e. The maximum absolute atomic E-state index is 12.2. The van der Waals surface area contributed by atoms with E-state index in [1.807, 2.05) is 19.1 Å². The van der Waals surface area contributed by atoms with Gasteiger partial charge < -0.3 is 10.6 Å². The lowest BCUT2D eigenvalue weighted by Gasteiger charge is -2.31. The van der Waals surface area contributed by atoms with Crippen LogP contribution in [0.4, 0.5) is 5.69 Å². The van der Waals surface area contributed by atoms with E-state index in [1.54, 1.807) is 6.07 Å². The molecular weight excluding hydrogens is 330 g/mol. The minimum absolute atomic E-state index is 0.0260. The van der Waals surface area contributed by atoms with E-state index in [-0.39, 0.29) is 11.9 Å². The molecule has 1 fully saturated rings. The van der Waals surface area contributed by atoms with E-state index in [9.17, 15) is 4.79 Å². The first-order valence-electron chi connectivity index (χ1n) is 6.28. The summed E-state index contributed by atoms with van der Waals surface area (Å²) < 4.78 is 0.891. The van der Waals surface area contributed by atoms with Gasteiger partial charge >= 0.3 is 0 Å². The monoisotopic (exact) mass is 345 g/mol. The predicted octanol–water partition coefficient (Wildman–Crippen LogP) is 2.33. The highest BCUT2D eigenvalue weighted by Gasteiger charge is 2.23. The number of hydrogen-bond acceptors (Lipinski definition) is 3. The maximum Gasteiger partial charge on any atom is 0.241 e. The second-order valence-corrected chi connectivity index (χ2v) is 5.90.